The van der Waals surface area contributed by atoms with Gasteiger partial charge in [-0.25, -0.2) is 18.4 Å². The molecule has 2 aliphatic rings. The number of nitrogens with zero attached hydrogens (tertiary/aromatic N) is 3. The van der Waals surface area contributed by atoms with Crippen LogP contribution in [0, 0.1) is 5.92 Å². The Kier molecular flexibility index (Phi) is 3.44. The lowest BCUT2D eigenvalue weighted by molar-refractivity contribution is 0.533. The van der Waals surface area contributed by atoms with Crippen molar-refractivity contribution in [3.8, 4) is 0 Å². The smallest absolute Gasteiger partial charge is 0.225 e. The van der Waals surface area contributed by atoms with Crippen LogP contribution in [0.15, 0.2) is 12.4 Å². The minimum atomic E-state index is -2.92. The van der Waals surface area contributed by atoms with E-state index in [1.807, 2.05) is 17.3 Å². The van der Waals surface area contributed by atoms with Crippen molar-refractivity contribution in [2.24, 2.45) is 5.92 Å². The largest absolute Gasteiger partial charge is 0.338 e. The fourth-order valence-corrected chi connectivity index (χ4v) is 4.45. The van der Waals surface area contributed by atoms with E-state index in [-0.39, 0.29) is 5.25 Å². The molecule has 2 fully saturated rings. The van der Waals surface area contributed by atoms with E-state index in [9.17, 15) is 8.42 Å². The highest BCUT2D eigenvalue weighted by atomic mass is 32.2. The second-order valence-corrected chi connectivity index (χ2v) is 8.60. The number of sulfone groups is 1. The van der Waals surface area contributed by atoms with Gasteiger partial charge in [-0.05, 0) is 30.2 Å². The molecule has 1 aromatic heterocycles. The number of rotatable bonds is 5. The zero-order valence-electron chi connectivity index (χ0n) is 12.0. The molecular weight excluding hydrogens is 274 g/mol. The predicted molar refractivity (Wildman–Crippen MR) is 78.6 cm³/mol. The van der Waals surface area contributed by atoms with E-state index in [1.54, 1.807) is 0 Å². The molecule has 5 nitrogen and oxygen atoms in total. The lowest BCUT2D eigenvalue weighted by Gasteiger charge is -2.38. The van der Waals surface area contributed by atoms with Crippen molar-refractivity contribution in [1.29, 1.82) is 0 Å². The van der Waals surface area contributed by atoms with Crippen molar-refractivity contribution in [1.82, 2.24) is 9.97 Å². The van der Waals surface area contributed by atoms with Gasteiger partial charge in [0.05, 0.1) is 11.0 Å². The Labute approximate surface area is 120 Å². The van der Waals surface area contributed by atoms with Gasteiger partial charge in [-0.2, -0.15) is 0 Å². The van der Waals surface area contributed by atoms with Crippen LogP contribution in [-0.2, 0) is 9.84 Å². The predicted octanol–water partition coefficient (Wildman–Crippen LogP) is 1.61. The quantitative estimate of drug-likeness (QED) is 0.826. The molecule has 1 saturated heterocycles. The van der Waals surface area contributed by atoms with Crippen LogP contribution < -0.4 is 4.90 Å². The molecule has 0 atom stereocenters. The molecule has 1 saturated carbocycles. The van der Waals surface area contributed by atoms with Gasteiger partial charge in [0, 0.05) is 25.5 Å². The summed E-state index contributed by atoms with van der Waals surface area (Å²) in [5.41, 5.74) is 1.10. The molecule has 0 unspecified atom stereocenters. The van der Waals surface area contributed by atoms with Gasteiger partial charge < -0.3 is 4.90 Å². The fraction of sp³-hybridized carbons (Fsp3) is 0.714. The summed E-state index contributed by atoms with van der Waals surface area (Å²) < 4.78 is 24.2. The molecule has 2 heterocycles. The first kappa shape index (κ1) is 13.8. The highest BCUT2D eigenvalue weighted by molar-refractivity contribution is 7.92. The molecule has 0 aromatic carbocycles. The Hall–Kier alpha value is -1.17. The maximum Gasteiger partial charge on any atom is 0.225 e. The van der Waals surface area contributed by atoms with E-state index in [1.165, 1.54) is 0 Å². The second kappa shape index (κ2) is 4.98. The van der Waals surface area contributed by atoms with E-state index in [2.05, 4.69) is 23.8 Å². The van der Waals surface area contributed by atoms with Gasteiger partial charge in [0.15, 0.2) is 9.84 Å². The van der Waals surface area contributed by atoms with Crippen molar-refractivity contribution in [2.75, 3.05) is 23.7 Å². The Bertz CT molecular complexity index is 573. The van der Waals surface area contributed by atoms with Crippen LogP contribution in [0.3, 0.4) is 0 Å². The van der Waals surface area contributed by atoms with Crippen LogP contribution in [-0.4, -0.2) is 42.5 Å². The molecule has 6 heteroatoms. The third-order valence-corrected chi connectivity index (χ3v) is 6.38. The molecule has 0 spiro atoms. The number of hydrogen-bond acceptors (Lipinski definition) is 5. The van der Waals surface area contributed by atoms with Crippen molar-refractivity contribution in [3.05, 3.63) is 18.0 Å². The SMILES string of the molecule is CC(C)c1cnc(N2CC(S(=O)(=O)CC3CC3)C2)nc1. The number of anilines is 1. The van der Waals surface area contributed by atoms with E-state index in [0.29, 0.717) is 36.6 Å². The Morgan fingerprint density at radius 1 is 1.25 bits per heavy atom. The number of aromatic nitrogens is 2. The fourth-order valence-electron chi connectivity index (χ4n) is 2.37. The summed E-state index contributed by atoms with van der Waals surface area (Å²) in [4.78, 5) is 10.6. The normalized spacial score (nSPS) is 20.2. The van der Waals surface area contributed by atoms with Gasteiger partial charge >= 0.3 is 0 Å². The van der Waals surface area contributed by atoms with Crippen LogP contribution in [0.2, 0.25) is 0 Å². The zero-order chi connectivity index (χ0) is 14.3. The Morgan fingerprint density at radius 3 is 2.35 bits per heavy atom. The molecule has 1 aromatic rings. The monoisotopic (exact) mass is 295 g/mol. The average molecular weight is 295 g/mol. The van der Waals surface area contributed by atoms with E-state index < -0.39 is 9.84 Å². The van der Waals surface area contributed by atoms with E-state index in [0.717, 1.165) is 18.4 Å². The Morgan fingerprint density at radius 2 is 1.85 bits per heavy atom. The maximum absolute atomic E-state index is 12.1. The summed E-state index contributed by atoms with van der Waals surface area (Å²) in [5.74, 6) is 1.86. The first-order valence-electron chi connectivity index (χ1n) is 7.24. The van der Waals surface area contributed by atoms with Gasteiger partial charge in [0.2, 0.25) is 5.95 Å². The van der Waals surface area contributed by atoms with Crippen LogP contribution in [0.1, 0.15) is 38.2 Å². The van der Waals surface area contributed by atoms with Crippen LogP contribution in [0.5, 0.6) is 0 Å². The first-order chi connectivity index (χ1) is 9.45. The second-order valence-electron chi connectivity index (χ2n) is 6.27. The zero-order valence-corrected chi connectivity index (χ0v) is 12.8. The standard InChI is InChI=1S/C14H21N3O2S/c1-10(2)12-5-15-14(16-6-12)17-7-13(8-17)20(18,19)9-11-3-4-11/h5-6,10-11,13H,3-4,7-9H2,1-2H3. The van der Waals surface area contributed by atoms with Crippen LogP contribution in [0.25, 0.3) is 0 Å². The minimum Gasteiger partial charge on any atom is -0.338 e. The van der Waals surface area contributed by atoms with Gasteiger partial charge in [-0.15, -0.1) is 0 Å². The lowest BCUT2D eigenvalue weighted by atomic mass is 10.1. The molecular formula is C14H21N3O2S. The Balaban J connectivity index is 1.59. The van der Waals surface area contributed by atoms with E-state index >= 15 is 0 Å². The summed E-state index contributed by atoms with van der Waals surface area (Å²) in [6.45, 7) is 5.27. The van der Waals surface area contributed by atoms with Gasteiger partial charge in [-0.3, -0.25) is 0 Å². The topological polar surface area (TPSA) is 63.2 Å². The molecule has 1 aliphatic carbocycles. The van der Waals surface area contributed by atoms with Crippen LogP contribution >= 0.6 is 0 Å². The van der Waals surface area contributed by atoms with E-state index in [4.69, 9.17) is 0 Å². The van der Waals surface area contributed by atoms with Gasteiger partial charge in [0.1, 0.15) is 0 Å². The third kappa shape index (κ3) is 2.80. The van der Waals surface area contributed by atoms with Gasteiger partial charge in [0.25, 0.3) is 0 Å². The molecule has 20 heavy (non-hydrogen) atoms. The number of hydrogen-bond donors (Lipinski definition) is 0. The van der Waals surface area contributed by atoms with Gasteiger partial charge in [-0.1, -0.05) is 13.8 Å². The molecule has 0 radical (unpaired) electrons. The summed E-state index contributed by atoms with van der Waals surface area (Å²) in [7, 11) is -2.92. The maximum atomic E-state index is 12.1. The summed E-state index contributed by atoms with van der Waals surface area (Å²) in [6.07, 6.45) is 5.82. The minimum absolute atomic E-state index is 0.225. The third-order valence-electron chi connectivity index (χ3n) is 4.13. The molecule has 0 N–H and O–H groups in total. The van der Waals surface area contributed by atoms with Crippen molar-refractivity contribution in [3.63, 3.8) is 0 Å². The summed E-state index contributed by atoms with van der Waals surface area (Å²) in [6, 6.07) is 0. The molecule has 1 aliphatic heterocycles. The van der Waals surface area contributed by atoms with Crippen molar-refractivity contribution >= 4 is 15.8 Å². The van der Waals surface area contributed by atoms with Crippen molar-refractivity contribution in [2.45, 2.75) is 37.9 Å². The highest BCUT2D eigenvalue weighted by Gasteiger charge is 2.41. The molecule has 0 bridgehead atoms. The summed E-state index contributed by atoms with van der Waals surface area (Å²) in [5, 5.41) is -0.225. The van der Waals surface area contributed by atoms with Crippen LogP contribution in [0.4, 0.5) is 5.95 Å². The van der Waals surface area contributed by atoms with Crippen molar-refractivity contribution < 1.29 is 8.42 Å². The summed E-state index contributed by atoms with van der Waals surface area (Å²) >= 11 is 0. The molecule has 0 amide bonds. The first-order valence-corrected chi connectivity index (χ1v) is 8.95. The molecule has 3 rings (SSSR count). The average Bonchev–Trinajstić information content (AvgIpc) is 3.10. The lowest BCUT2D eigenvalue weighted by Crippen LogP contribution is -2.56. The molecule has 110 valence electrons. The highest BCUT2D eigenvalue weighted by Crippen LogP contribution is 2.33.